The average Bonchev–Trinajstić information content (AvgIpc) is 2.83. The fourth-order valence-electron chi connectivity index (χ4n) is 4.69. The van der Waals surface area contributed by atoms with E-state index in [4.69, 9.17) is 4.74 Å². The molecule has 0 unspecified atom stereocenters. The van der Waals surface area contributed by atoms with Crippen LogP contribution in [0.2, 0.25) is 0 Å². The summed E-state index contributed by atoms with van der Waals surface area (Å²) in [6.07, 6.45) is 0. The third kappa shape index (κ3) is 5.00. The van der Waals surface area contributed by atoms with Crippen molar-refractivity contribution < 1.29 is 14.2 Å². The van der Waals surface area contributed by atoms with Gasteiger partial charge in [-0.15, -0.1) is 0 Å². The van der Waals surface area contributed by atoms with Gasteiger partial charge in [0.05, 0.1) is 18.2 Å². The van der Waals surface area contributed by atoms with Crippen LogP contribution in [-0.4, -0.2) is 54.5 Å². The number of hydrogen-bond acceptors (Lipinski definition) is 5. The minimum Gasteiger partial charge on any atom is -0.507 e. The molecule has 2 aromatic carbocycles. The Kier molecular flexibility index (Phi) is 7.34. The van der Waals surface area contributed by atoms with Crippen LogP contribution >= 0.6 is 0 Å². The van der Waals surface area contributed by atoms with Gasteiger partial charge in [-0.3, -0.25) is 9.69 Å². The minimum absolute atomic E-state index is 0.0164. The molecule has 7 heteroatoms. The maximum Gasteiger partial charge on any atom is 0.259 e. The van der Waals surface area contributed by atoms with Gasteiger partial charge < -0.3 is 19.3 Å². The molecule has 0 aliphatic carbocycles. The Labute approximate surface area is 199 Å². The number of nitrogens with zero attached hydrogens (tertiary/aromatic N) is 3. The summed E-state index contributed by atoms with van der Waals surface area (Å²) < 4.78 is 20.2. The molecular weight excluding hydrogens is 433 g/mol. The van der Waals surface area contributed by atoms with Crippen molar-refractivity contribution >= 4 is 5.69 Å². The van der Waals surface area contributed by atoms with Crippen LogP contribution in [0.4, 0.5) is 10.1 Å². The number of benzene rings is 2. The number of piperazine rings is 1. The van der Waals surface area contributed by atoms with Crippen LogP contribution in [0.5, 0.6) is 5.75 Å². The molecule has 1 N–H and O–H groups in total. The van der Waals surface area contributed by atoms with Gasteiger partial charge in [-0.05, 0) is 49.7 Å². The molecule has 0 radical (unpaired) electrons. The van der Waals surface area contributed by atoms with Crippen LogP contribution in [-0.2, 0) is 11.3 Å². The fourth-order valence-corrected chi connectivity index (χ4v) is 4.69. The summed E-state index contributed by atoms with van der Waals surface area (Å²) in [5.74, 6) is -0.232. The normalized spacial score (nSPS) is 15.5. The van der Waals surface area contributed by atoms with E-state index in [1.54, 1.807) is 29.9 Å². The Hall–Kier alpha value is -3.16. The van der Waals surface area contributed by atoms with Gasteiger partial charge in [0.2, 0.25) is 0 Å². The van der Waals surface area contributed by atoms with E-state index in [-0.39, 0.29) is 23.2 Å². The van der Waals surface area contributed by atoms with Crippen LogP contribution in [0.3, 0.4) is 0 Å². The number of rotatable bonds is 7. The summed E-state index contributed by atoms with van der Waals surface area (Å²) in [6, 6.07) is 16.0. The first-order valence-corrected chi connectivity index (χ1v) is 11.6. The van der Waals surface area contributed by atoms with Crippen molar-refractivity contribution in [3.63, 3.8) is 0 Å². The number of aromatic nitrogens is 1. The van der Waals surface area contributed by atoms with Crippen molar-refractivity contribution in [2.45, 2.75) is 26.4 Å². The first-order valence-electron chi connectivity index (χ1n) is 11.6. The molecule has 1 fully saturated rings. The minimum atomic E-state index is -0.377. The molecule has 34 heavy (non-hydrogen) atoms. The summed E-state index contributed by atoms with van der Waals surface area (Å²) in [4.78, 5) is 18.1. The number of anilines is 1. The summed E-state index contributed by atoms with van der Waals surface area (Å²) >= 11 is 0. The second kappa shape index (κ2) is 10.4. The molecule has 1 aliphatic heterocycles. The fraction of sp³-hybridized carbons (Fsp3) is 0.370. The van der Waals surface area contributed by atoms with E-state index < -0.39 is 0 Å². The number of methoxy groups -OCH3 is 1. The smallest absolute Gasteiger partial charge is 0.259 e. The van der Waals surface area contributed by atoms with Gasteiger partial charge in [0.1, 0.15) is 11.6 Å². The number of aryl methyl sites for hydroxylation is 2. The summed E-state index contributed by atoms with van der Waals surface area (Å²) in [5.41, 5.74) is 3.98. The third-order valence-corrected chi connectivity index (χ3v) is 6.58. The molecule has 4 rings (SSSR count). The summed E-state index contributed by atoms with van der Waals surface area (Å²) in [5, 5.41) is 11.0. The molecule has 6 nitrogen and oxygen atoms in total. The first-order chi connectivity index (χ1) is 16.4. The van der Waals surface area contributed by atoms with Crippen LogP contribution < -0.4 is 10.5 Å². The summed E-state index contributed by atoms with van der Waals surface area (Å²) in [6.45, 7) is 7.55. The van der Waals surface area contributed by atoms with Crippen LogP contribution in [0.1, 0.15) is 28.4 Å². The second-order valence-corrected chi connectivity index (χ2v) is 8.85. The maximum absolute atomic E-state index is 13.6. The molecular formula is C27H32FN3O3. The SMILES string of the molecule is COCCn1c(C)cc(O)c([C@@H](c2ccc(C)cc2)N2CCN(c3ccc(F)cc3)CC2)c1=O. The first kappa shape index (κ1) is 24.0. The molecule has 1 atom stereocenters. The van der Waals surface area contributed by atoms with Crippen molar-refractivity contribution in [2.24, 2.45) is 0 Å². The van der Waals surface area contributed by atoms with Gasteiger partial charge >= 0.3 is 0 Å². The highest BCUT2D eigenvalue weighted by Gasteiger charge is 2.31. The lowest BCUT2D eigenvalue weighted by molar-refractivity contribution is 0.183. The van der Waals surface area contributed by atoms with Crippen molar-refractivity contribution in [3.05, 3.63) is 93.2 Å². The van der Waals surface area contributed by atoms with E-state index in [1.165, 1.54) is 12.1 Å². The second-order valence-electron chi connectivity index (χ2n) is 8.85. The van der Waals surface area contributed by atoms with Crippen LogP contribution in [0.15, 0.2) is 59.4 Å². The van der Waals surface area contributed by atoms with Crippen LogP contribution in [0.25, 0.3) is 0 Å². The van der Waals surface area contributed by atoms with E-state index in [2.05, 4.69) is 9.80 Å². The Morgan fingerprint density at radius 3 is 2.26 bits per heavy atom. The van der Waals surface area contributed by atoms with Crippen molar-refractivity contribution in [1.29, 1.82) is 0 Å². The van der Waals surface area contributed by atoms with Gasteiger partial charge in [-0.25, -0.2) is 4.39 Å². The topological polar surface area (TPSA) is 57.9 Å². The van der Waals surface area contributed by atoms with Crippen molar-refractivity contribution in [1.82, 2.24) is 9.47 Å². The van der Waals surface area contributed by atoms with E-state index in [9.17, 15) is 14.3 Å². The van der Waals surface area contributed by atoms with Crippen LogP contribution in [0, 0.1) is 19.7 Å². The zero-order valence-corrected chi connectivity index (χ0v) is 20.0. The number of hydrogen-bond donors (Lipinski definition) is 1. The highest BCUT2D eigenvalue weighted by atomic mass is 19.1. The van der Waals surface area contributed by atoms with Crippen molar-refractivity contribution in [3.8, 4) is 5.75 Å². The van der Waals surface area contributed by atoms with Crippen molar-refractivity contribution in [2.75, 3.05) is 44.8 Å². The highest BCUT2D eigenvalue weighted by Crippen LogP contribution is 2.34. The quantitative estimate of drug-likeness (QED) is 0.574. The lowest BCUT2D eigenvalue weighted by Gasteiger charge is -2.40. The lowest BCUT2D eigenvalue weighted by Crippen LogP contribution is -2.49. The van der Waals surface area contributed by atoms with Gasteiger partial charge in [0.25, 0.3) is 5.56 Å². The number of halogens is 1. The predicted octanol–water partition coefficient (Wildman–Crippen LogP) is 3.87. The number of aromatic hydroxyl groups is 1. The molecule has 1 aromatic heterocycles. The molecule has 3 aromatic rings. The monoisotopic (exact) mass is 465 g/mol. The zero-order valence-electron chi connectivity index (χ0n) is 20.0. The Morgan fingerprint density at radius 1 is 1.00 bits per heavy atom. The van der Waals surface area contributed by atoms with E-state index in [0.717, 1.165) is 29.9 Å². The Morgan fingerprint density at radius 2 is 1.65 bits per heavy atom. The Balaban J connectivity index is 1.70. The summed E-state index contributed by atoms with van der Waals surface area (Å²) in [7, 11) is 1.61. The molecule has 1 saturated heterocycles. The van der Waals surface area contributed by atoms with Gasteiger partial charge in [0, 0.05) is 51.2 Å². The molecule has 0 saturated carbocycles. The molecule has 0 spiro atoms. The van der Waals surface area contributed by atoms with E-state index in [1.807, 2.05) is 38.1 Å². The molecule has 180 valence electrons. The number of pyridine rings is 1. The van der Waals surface area contributed by atoms with Gasteiger partial charge in [0.15, 0.2) is 0 Å². The molecule has 1 aliphatic rings. The number of ether oxygens (including phenoxy) is 1. The van der Waals surface area contributed by atoms with Gasteiger partial charge in [-0.2, -0.15) is 0 Å². The predicted molar refractivity (Wildman–Crippen MR) is 132 cm³/mol. The molecule has 0 bridgehead atoms. The average molecular weight is 466 g/mol. The zero-order chi connectivity index (χ0) is 24.2. The maximum atomic E-state index is 13.6. The van der Waals surface area contributed by atoms with E-state index in [0.29, 0.717) is 37.5 Å². The lowest BCUT2D eigenvalue weighted by atomic mass is 9.95. The van der Waals surface area contributed by atoms with E-state index >= 15 is 0 Å². The van der Waals surface area contributed by atoms with Gasteiger partial charge in [-0.1, -0.05) is 29.8 Å². The Bertz CT molecular complexity index is 1170. The largest absolute Gasteiger partial charge is 0.507 e. The standard InChI is InChI=1S/C27H32FN3O3/c1-19-4-6-21(7-5-19)26(25-24(32)18-20(2)31(27(25)33)16-17-34-3)30-14-12-29(13-15-30)23-10-8-22(28)9-11-23/h4-11,18,26,32H,12-17H2,1-3H3/t26-/m1/s1. The highest BCUT2D eigenvalue weighted by molar-refractivity contribution is 5.47. The third-order valence-electron chi connectivity index (χ3n) is 6.58. The molecule has 2 heterocycles. The molecule has 0 amide bonds.